The van der Waals surface area contributed by atoms with Crippen molar-refractivity contribution in [2.75, 3.05) is 17.7 Å². The van der Waals surface area contributed by atoms with Crippen molar-refractivity contribution in [3.63, 3.8) is 0 Å². The van der Waals surface area contributed by atoms with Gasteiger partial charge in [-0.25, -0.2) is 0 Å². The molecule has 1 aliphatic carbocycles. The highest BCUT2D eigenvalue weighted by molar-refractivity contribution is 8.00. The SMILES string of the molecule is CCOc1ccccc1NC(=O)C(C)OC(=O)CSc1ccc2c(c1)CCC2. The molecule has 0 saturated heterocycles. The van der Waals surface area contributed by atoms with Crippen LogP contribution in [0.4, 0.5) is 5.69 Å². The van der Waals surface area contributed by atoms with E-state index in [1.165, 1.54) is 29.3 Å². The second-order valence-electron chi connectivity index (χ2n) is 6.62. The van der Waals surface area contributed by atoms with Crippen molar-refractivity contribution in [1.82, 2.24) is 0 Å². The zero-order valence-electron chi connectivity index (χ0n) is 16.2. The molecular weight excluding hydrogens is 374 g/mol. The maximum Gasteiger partial charge on any atom is 0.317 e. The predicted molar refractivity (Wildman–Crippen MR) is 111 cm³/mol. The number of fused-ring (bicyclic) bond motifs is 1. The zero-order valence-corrected chi connectivity index (χ0v) is 17.0. The number of rotatable bonds is 8. The Hall–Kier alpha value is -2.47. The number of aryl methyl sites for hydroxylation is 2. The number of thioether (sulfide) groups is 1. The van der Waals surface area contributed by atoms with Crippen LogP contribution in [-0.4, -0.2) is 30.3 Å². The quantitative estimate of drug-likeness (QED) is 0.531. The molecular formula is C22H25NO4S. The van der Waals surface area contributed by atoms with Crippen LogP contribution >= 0.6 is 11.8 Å². The molecule has 0 aliphatic heterocycles. The number of hydrogen-bond donors (Lipinski definition) is 1. The fourth-order valence-corrected chi connectivity index (χ4v) is 3.89. The van der Waals surface area contributed by atoms with Crippen molar-refractivity contribution in [2.45, 2.75) is 44.1 Å². The third kappa shape index (κ3) is 5.29. The molecule has 1 unspecified atom stereocenters. The number of amides is 1. The lowest BCUT2D eigenvalue weighted by Gasteiger charge is -2.15. The van der Waals surface area contributed by atoms with E-state index < -0.39 is 12.1 Å². The maximum absolute atomic E-state index is 12.4. The van der Waals surface area contributed by atoms with Gasteiger partial charge in [0.05, 0.1) is 18.0 Å². The molecule has 6 heteroatoms. The molecule has 1 amide bonds. The van der Waals surface area contributed by atoms with Crippen LogP contribution < -0.4 is 10.1 Å². The fraction of sp³-hybridized carbons (Fsp3) is 0.364. The summed E-state index contributed by atoms with van der Waals surface area (Å²) in [5.41, 5.74) is 3.34. The Morgan fingerprint density at radius 2 is 1.93 bits per heavy atom. The van der Waals surface area contributed by atoms with Crippen LogP contribution in [-0.2, 0) is 27.2 Å². The van der Waals surface area contributed by atoms with E-state index in [1.54, 1.807) is 19.1 Å². The van der Waals surface area contributed by atoms with Crippen LogP contribution in [0.15, 0.2) is 47.4 Å². The summed E-state index contributed by atoms with van der Waals surface area (Å²) in [5.74, 6) is -0.0373. The van der Waals surface area contributed by atoms with Crippen molar-refractivity contribution in [3.05, 3.63) is 53.6 Å². The van der Waals surface area contributed by atoms with Gasteiger partial charge in [-0.2, -0.15) is 0 Å². The van der Waals surface area contributed by atoms with Crippen LogP contribution in [0.25, 0.3) is 0 Å². The summed E-state index contributed by atoms with van der Waals surface area (Å²) >= 11 is 1.44. The summed E-state index contributed by atoms with van der Waals surface area (Å²) in [6.45, 7) is 3.94. The van der Waals surface area contributed by atoms with Crippen LogP contribution in [0, 0.1) is 0 Å². The number of benzene rings is 2. The average Bonchev–Trinajstić information content (AvgIpc) is 3.16. The van der Waals surface area contributed by atoms with Crippen molar-refractivity contribution in [1.29, 1.82) is 0 Å². The first-order valence-corrected chi connectivity index (χ1v) is 10.5. The molecule has 0 spiro atoms. The summed E-state index contributed by atoms with van der Waals surface area (Å²) in [4.78, 5) is 25.6. The van der Waals surface area contributed by atoms with Gasteiger partial charge in [0.25, 0.3) is 5.91 Å². The highest BCUT2D eigenvalue weighted by atomic mass is 32.2. The van der Waals surface area contributed by atoms with E-state index in [9.17, 15) is 9.59 Å². The maximum atomic E-state index is 12.4. The highest BCUT2D eigenvalue weighted by Crippen LogP contribution is 2.28. The number of para-hydroxylation sites is 2. The summed E-state index contributed by atoms with van der Waals surface area (Å²) in [6.07, 6.45) is 2.56. The molecule has 28 heavy (non-hydrogen) atoms. The second-order valence-corrected chi connectivity index (χ2v) is 7.67. The largest absolute Gasteiger partial charge is 0.492 e. The Morgan fingerprint density at radius 3 is 2.75 bits per heavy atom. The third-order valence-electron chi connectivity index (χ3n) is 4.55. The summed E-state index contributed by atoms with van der Waals surface area (Å²) in [5, 5.41) is 2.75. The molecule has 1 N–H and O–H groups in total. The van der Waals surface area contributed by atoms with Crippen LogP contribution in [0.2, 0.25) is 0 Å². The van der Waals surface area contributed by atoms with Crippen LogP contribution in [0.3, 0.4) is 0 Å². The number of hydrogen-bond acceptors (Lipinski definition) is 5. The van der Waals surface area contributed by atoms with Crippen molar-refractivity contribution in [3.8, 4) is 5.75 Å². The molecule has 1 atom stereocenters. The monoisotopic (exact) mass is 399 g/mol. The summed E-state index contributed by atoms with van der Waals surface area (Å²) in [6, 6.07) is 13.5. The molecule has 3 rings (SSSR count). The minimum atomic E-state index is -0.886. The first-order valence-electron chi connectivity index (χ1n) is 9.53. The second kappa shape index (κ2) is 9.64. The normalized spacial score (nSPS) is 13.5. The van der Waals surface area contributed by atoms with Gasteiger partial charge in [-0.05, 0) is 68.5 Å². The molecule has 0 bridgehead atoms. The highest BCUT2D eigenvalue weighted by Gasteiger charge is 2.19. The van der Waals surface area contributed by atoms with Gasteiger partial charge in [0.2, 0.25) is 0 Å². The molecule has 148 valence electrons. The van der Waals surface area contributed by atoms with E-state index in [1.807, 2.05) is 25.1 Å². The van der Waals surface area contributed by atoms with Gasteiger partial charge in [-0.3, -0.25) is 9.59 Å². The Bertz CT molecular complexity index is 852. The molecule has 1 aliphatic rings. The minimum absolute atomic E-state index is 0.173. The van der Waals surface area contributed by atoms with Gasteiger partial charge in [0, 0.05) is 4.90 Å². The van der Waals surface area contributed by atoms with Crippen molar-refractivity contribution < 1.29 is 19.1 Å². The Morgan fingerprint density at radius 1 is 1.14 bits per heavy atom. The number of nitrogens with one attached hydrogen (secondary N) is 1. The summed E-state index contributed by atoms with van der Waals surface area (Å²) in [7, 11) is 0. The first-order chi connectivity index (χ1) is 13.6. The van der Waals surface area contributed by atoms with E-state index in [0.717, 1.165) is 17.7 Å². The smallest absolute Gasteiger partial charge is 0.317 e. The lowest BCUT2D eigenvalue weighted by molar-refractivity contribution is -0.150. The van der Waals surface area contributed by atoms with Gasteiger partial charge < -0.3 is 14.8 Å². The van der Waals surface area contributed by atoms with Crippen molar-refractivity contribution in [2.24, 2.45) is 0 Å². The molecule has 5 nitrogen and oxygen atoms in total. The Labute approximate surface area is 169 Å². The zero-order chi connectivity index (χ0) is 19.9. The van der Waals surface area contributed by atoms with E-state index >= 15 is 0 Å². The van der Waals surface area contributed by atoms with Gasteiger partial charge in [-0.1, -0.05) is 18.2 Å². The lowest BCUT2D eigenvalue weighted by Crippen LogP contribution is -2.30. The third-order valence-corrected chi connectivity index (χ3v) is 5.52. The molecule has 0 aromatic heterocycles. The predicted octanol–water partition coefficient (Wildman–Crippen LogP) is 4.24. The molecule has 0 heterocycles. The number of anilines is 1. The molecule has 0 fully saturated rings. The van der Waals surface area contributed by atoms with Gasteiger partial charge in [0.15, 0.2) is 6.10 Å². The van der Waals surface area contributed by atoms with Gasteiger partial charge in [0.1, 0.15) is 5.75 Å². The minimum Gasteiger partial charge on any atom is -0.492 e. The van der Waals surface area contributed by atoms with Crippen LogP contribution in [0.1, 0.15) is 31.4 Å². The lowest BCUT2D eigenvalue weighted by atomic mass is 10.1. The number of esters is 1. The van der Waals surface area contributed by atoms with E-state index in [0.29, 0.717) is 18.0 Å². The van der Waals surface area contributed by atoms with Gasteiger partial charge in [-0.15, -0.1) is 11.8 Å². The average molecular weight is 400 g/mol. The Kier molecular flexibility index (Phi) is 6.98. The van der Waals surface area contributed by atoms with E-state index in [2.05, 4.69) is 17.4 Å². The van der Waals surface area contributed by atoms with Gasteiger partial charge >= 0.3 is 5.97 Å². The van der Waals surface area contributed by atoms with Crippen LogP contribution in [0.5, 0.6) is 5.75 Å². The topological polar surface area (TPSA) is 64.6 Å². The molecule has 0 saturated carbocycles. The fourth-order valence-electron chi connectivity index (χ4n) is 3.15. The Balaban J connectivity index is 1.49. The molecule has 2 aromatic rings. The van der Waals surface area contributed by atoms with Crippen molar-refractivity contribution >= 4 is 29.3 Å². The number of ether oxygens (including phenoxy) is 2. The standard InChI is InChI=1S/C22H25NO4S/c1-3-26-20-10-5-4-9-19(20)23-22(25)15(2)27-21(24)14-28-18-12-11-16-7-6-8-17(16)13-18/h4-5,9-13,15H,3,6-8,14H2,1-2H3,(H,23,25). The van der Waals surface area contributed by atoms with E-state index in [-0.39, 0.29) is 11.7 Å². The number of carbonyl (C=O) groups is 2. The molecule has 2 aromatic carbocycles. The number of carbonyl (C=O) groups excluding carboxylic acids is 2. The first kappa shape index (κ1) is 20.3. The molecule has 0 radical (unpaired) electrons. The summed E-state index contributed by atoms with van der Waals surface area (Å²) < 4.78 is 10.8. The van der Waals surface area contributed by atoms with E-state index in [4.69, 9.17) is 9.47 Å².